The topological polar surface area (TPSA) is 54.0 Å². The van der Waals surface area contributed by atoms with Crippen LogP contribution in [0.25, 0.3) is 10.9 Å². The molecule has 0 saturated heterocycles. The molecule has 0 saturated carbocycles. The summed E-state index contributed by atoms with van der Waals surface area (Å²) in [6.45, 7) is 3.96. The van der Waals surface area contributed by atoms with Crippen molar-refractivity contribution in [1.82, 2.24) is 15.8 Å². The van der Waals surface area contributed by atoms with E-state index in [0.717, 1.165) is 22.2 Å². The van der Waals surface area contributed by atoms with Gasteiger partial charge in [-0.3, -0.25) is 15.2 Å². The predicted octanol–water partition coefficient (Wildman–Crippen LogP) is 1.85. The Balaban J connectivity index is 2.31. The summed E-state index contributed by atoms with van der Waals surface area (Å²) in [5.41, 5.74) is 8.46. The molecule has 2 rings (SSSR count). The third-order valence-corrected chi connectivity index (χ3v) is 2.71. The minimum atomic E-state index is 0.0610. The number of carbonyl (C=O) groups is 1. The molecule has 1 aromatic heterocycles. The Hall–Kier alpha value is -1.94. The molecule has 4 heteroatoms. The summed E-state index contributed by atoms with van der Waals surface area (Å²) in [7, 11) is 0. The van der Waals surface area contributed by atoms with Gasteiger partial charge in [-0.25, -0.2) is 5.43 Å². The van der Waals surface area contributed by atoms with Crippen molar-refractivity contribution in [2.24, 2.45) is 0 Å². The largest absolute Gasteiger partial charge is 0.294 e. The highest BCUT2D eigenvalue weighted by Crippen LogP contribution is 2.19. The molecular weight excluding hydrogens is 214 g/mol. The monoisotopic (exact) mass is 229 g/mol. The molecule has 88 valence electrons. The van der Waals surface area contributed by atoms with Gasteiger partial charge in [0.15, 0.2) is 0 Å². The number of aromatic nitrogens is 1. The number of carbonyl (C=O) groups excluding carboxylic acids is 1. The van der Waals surface area contributed by atoms with E-state index in [-0.39, 0.29) is 6.04 Å². The molecule has 0 fully saturated rings. The van der Waals surface area contributed by atoms with Crippen molar-refractivity contribution >= 4 is 17.3 Å². The van der Waals surface area contributed by atoms with Crippen molar-refractivity contribution in [2.75, 3.05) is 0 Å². The van der Waals surface area contributed by atoms with Crippen LogP contribution in [0.1, 0.15) is 24.2 Å². The first-order valence-electron chi connectivity index (χ1n) is 5.53. The number of amides is 1. The van der Waals surface area contributed by atoms with Gasteiger partial charge in [-0.2, -0.15) is 0 Å². The normalized spacial score (nSPS) is 12.4. The molecule has 1 heterocycles. The average Bonchev–Trinajstić information content (AvgIpc) is 2.35. The van der Waals surface area contributed by atoms with Gasteiger partial charge < -0.3 is 0 Å². The van der Waals surface area contributed by atoms with E-state index in [4.69, 9.17) is 0 Å². The number of nitrogens with zero attached hydrogens (tertiary/aromatic N) is 1. The summed E-state index contributed by atoms with van der Waals surface area (Å²) < 4.78 is 0. The Morgan fingerprint density at radius 2 is 2.12 bits per heavy atom. The van der Waals surface area contributed by atoms with E-state index in [9.17, 15) is 4.79 Å². The third-order valence-electron chi connectivity index (χ3n) is 2.71. The van der Waals surface area contributed by atoms with Crippen LogP contribution in [0.2, 0.25) is 0 Å². The lowest BCUT2D eigenvalue weighted by Crippen LogP contribution is -2.32. The summed E-state index contributed by atoms with van der Waals surface area (Å²) in [4.78, 5) is 14.7. The van der Waals surface area contributed by atoms with Gasteiger partial charge in [-0.05, 0) is 37.6 Å². The number of aryl methyl sites for hydroxylation is 1. The van der Waals surface area contributed by atoms with Crippen LogP contribution in [0.5, 0.6) is 0 Å². The van der Waals surface area contributed by atoms with Crippen LogP contribution in [-0.2, 0) is 4.79 Å². The van der Waals surface area contributed by atoms with E-state index in [1.54, 1.807) is 0 Å². The highest BCUT2D eigenvalue weighted by atomic mass is 16.1. The summed E-state index contributed by atoms with van der Waals surface area (Å²) in [5.74, 6) is 0. The van der Waals surface area contributed by atoms with Crippen LogP contribution >= 0.6 is 0 Å². The average molecular weight is 229 g/mol. The highest BCUT2D eigenvalue weighted by molar-refractivity contribution is 5.79. The van der Waals surface area contributed by atoms with E-state index < -0.39 is 0 Å². The molecule has 4 nitrogen and oxygen atoms in total. The van der Waals surface area contributed by atoms with Gasteiger partial charge in [0.05, 0.1) is 5.52 Å². The number of pyridine rings is 1. The predicted molar refractivity (Wildman–Crippen MR) is 67.2 cm³/mol. The van der Waals surface area contributed by atoms with Gasteiger partial charge in [0.25, 0.3) is 0 Å². The van der Waals surface area contributed by atoms with Crippen LogP contribution in [0.4, 0.5) is 0 Å². The second kappa shape index (κ2) is 4.93. The smallest absolute Gasteiger partial charge is 0.221 e. The van der Waals surface area contributed by atoms with Crippen molar-refractivity contribution in [3.8, 4) is 0 Å². The summed E-state index contributed by atoms with van der Waals surface area (Å²) in [6, 6.07) is 10.2. The zero-order valence-electron chi connectivity index (χ0n) is 9.90. The van der Waals surface area contributed by atoms with Crippen molar-refractivity contribution in [3.05, 3.63) is 41.6 Å². The molecular formula is C13H15N3O. The van der Waals surface area contributed by atoms with E-state index in [2.05, 4.69) is 28.0 Å². The van der Waals surface area contributed by atoms with Crippen LogP contribution in [0.3, 0.4) is 0 Å². The van der Waals surface area contributed by atoms with Gasteiger partial charge in [-0.1, -0.05) is 12.1 Å². The maximum atomic E-state index is 10.2. The fourth-order valence-corrected chi connectivity index (χ4v) is 1.76. The minimum Gasteiger partial charge on any atom is -0.294 e. The number of hydrazine groups is 1. The molecule has 0 aliphatic rings. The lowest BCUT2D eigenvalue weighted by molar-refractivity contribution is -0.110. The first-order chi connectivity index (χ1) is 8.20. The van der Waals surface area contributed by atoms with Gasteiger partial charge in [-0.15, -0.1) is 0 Å². The van der Waals surface area contributed by atoms with Crippen molar-refractivity contribution in [3.63, 3.8) is 0 Å². The lowest BCUT2D eigenvalue weighted by atomic mass is 10.1. The van der Waals surface area contributed by atoms with Gasteiger partial charge >= 0.3 is 0 Å². The van der Waals surface area contributed by atoms with Gasteiger partial charge in [0.2, 0.25) is 6.41 Å². The van der Waals surface area contributed by atoms with Crippen LogP contribution in [-0.4, -0.2) is 11.4 Å². The van der Waals surface area contributed by atoms with Crippen LogP contribution < -0.4 is 10.9 Å². The quantitative estimate of drug-likeness (QED) is 0.621. The molecule has 2 aromatic rings. The SMILES string of the molecule is Cc1ccc2cc(C(C)NNC=O)ccc2n1. The van der Waals surface area contributed by atoms with Crippen molar-refractivity contribution in [2.45, 2.75) is 19.9 Å². The first kappa shape index (κ1) is 11.5. The molecule has 0 radical (unpaired) electrons. The summed E-state index contributed by atoms with van der Waals surface area (Å²) in [5, 5.41) is 1.10. The fourth-order valence-electron chi connectivity index (χ4n) is 1.76. The second-order valence-corrected chi connectivity index (χ2v) is 4.03. The molecule has 0 aliphatic carbocycles. The molecule has 17 heavy (non-hydrogen) atoms. The standard InChI is InChI=1S/C13H15N3O/c1-9-3-4-12-7-11(5-6-13(12)15-9)10(2)16-14-8-17/h3-8,10,16H,1-2H3,(H,14,17). The molecule has 0 aliphatic heterocycles. The second-order valence-electron chi connectivity index (χ2n) is 4.03. The van der Waals surface area contributed by atoms with E-state index >= 15 is 0 Å². The highest BCUT2D eigenvalue weighted by Gasteiger charge is 2.05. The fraction of sp³-hybridized carbons (Fsp3) is 0.231. The van der Waals surface area contributed by atoms with Gasteiger partial charge in [0.1, 0.15) is 0 Å². The van der Waals surface area contributed by atoms with Crippen molar-refractivity contribution < 1.29 is 4.79 Å². The zero-order valence-corrected chi connectivity index (χ0v) is 9.90. The Morgan fingerprint density at radius 3 is 2.88 bits per heavy atom. The Morgan fingerprint density at radius 1 is 1.29 bits per heavy atom. The number of hydrogen-bond acceptors (Lipinski definition) is 3. The number of fused-ring (bicyclic) bond motifs is 1. The molecule has 0 bridgehead atoms. The zero-order chi connectivity index (χ0) is 12.3. The molecule has 1 amide bonds. The number of rotatable bonds is 4. The summed E-state index contributed by atoms with van der Waals surface area (Å²) in [6.07, 6.45) is 0.627. The van der Waals surface area contributed by atoms with E-state index in [1.165, 1.54) is 0 Å². The molecule has 1 atom stereocenters. The lowest BCUT2D eigenvalue weighted by Gasteiger charge is -2.13. The Labute approximate surface area is 100 Å². The summed E-state index contributed by atoms with van der Waals surface area (Å²) >= 11 is 0. The van der Waals surface area contributed by atoms with E-state index in [0.29, 0.717) is 6.41 Å². The molecule has 1 aromatic carbocycles. The maximum absolute atomic E-state index is 10.2. The number of hydrogen-bond donors (Lipinski definition) is 2. The number of benzene rings is 1. The minimum absolute atomic E-state index is 0.0610. The Bertz CT molecular complexity index is 539. The van der Waals surface area contributed by atoms with Crippen LogP contribution in [0.15, 0.2) is 30.3 Å². The first-order valence-corrected chi connectivity index (χ1v) is 5.53. The third kappa shape index (κ3) is 2.60. The van der Waals surface area contributed by atoms with E-state index in [1.807, 2.05) is 32.0 Å². The van der Waals surface area contributed by atoms with Crippen LogP contribution in [0, 0.1) is 6.92 Å². The van der Waals surface area contributed by atoms with Gasteiger partial charge in [0, 0.05) is 17.1 Å². The Kier molecular flexibility index (Phi) is 3.35. The molecule has 0 spiro atoms. The number of nitrogens with one attached hydrogen (secondary N) is 2. The van der Waals surface area contributed by atoms with Crippen molar-refractivity contribution in [1.29, 1.82) is 0 Å². The molecule has 2 N–H and O–H groups in total. The maximum Gasteiger partial charge on any atom is 0.221 e. The molecule has 1 unspecified atom stereocenters.